The molecule has 2 aromatic rings. The van der Waals surface area contributed by atoms with E-state index in [0.717, 1.165) is 30.1 Å². The predicted octanol–water partition coefficient (Wildman–Crippen LogP) is 1.64. The molecular weight excluding hydrogens is 312 g/mol. The van der Waals surface area contributed by atoms with Gasteiger partial charge in [0.15, 0.2) is 0 Å². The van der Waals surface area contributed by atoms with E-state index < -0.39 is 0 Å². The van der Waals surface area contributed by atoms with Gasteiger partial charge in [-0.1, -0.05) is 6.07 Å². The van der Waals surface area contributed by atoms with E-state index in [1.54, 1.807) is 17.5 Å². The Kier molecular flexibility index (Phi) is 4.76. The maximum atomic E-state index is 12.4. The number of hydrogen-bond donors (Lipinski definition) is 2. The van der Waals surface area contributed by atoms with Crippen LogP contribution < -0.4 is 10.6 Å². The summed E-state index contributed by atoms with van der Waals surface area (Å²) in [7, 11) is 0. The maximum absolute atomic E-state index is 12.4. The first-order valence-corrected chi connectivity index (χ1v) is 8.59. The molecule has 0 fully saturated rings. The Hall–Kier alpha value is -2.15. The molecule has 1 aliphatic rings. The second-order valence-electron chi connectivity index (χ2n) is 5.77. The van der Waals surface area contributed by atoms with Crippen LogP contribution in [0.2, 0.25) is 0 Å². The number of fused-ring (bicyclic) bond motifs is 1. The fraction of sp³-hybridized carbons (Fsp3) is 0.438. The van der Waals surface area contributed by atoms with E-state index in [-0.39, 0.29) is 30.3 Å². The van der Waals surface area contributed by atoms with E-state index in [0.29, 0.717) is 0 Å². The molecule has 2 atom stereocenters. The van der Waals surface area contributed by atoms with Crippen molar-refractivity contribution in [2.24, 2.45) is 0 Å². The molecule has 0 bridgehead atoms. The number of aryl methyl sites for hydroxylation is 1. The van der Waals surface area contributed by atoms with Gasteiger partial charge in [-0.2, -0.15) is 0 Å². The topological polar surface area (TPSA) is 76.0 Å². The average Bonchev–Trinajstić information content (AvgIpc) is 3.17. The molecule has 0 aliphatic carbocycles. The highest BCUT2D eigenvalue weighted by Gasteiger charge is 2.23. The van der Waals surface area contributed by atoms with Crippen molar-refractivity contribution in [2.45, 2.75) is 44.8 Å². The van der Waals surface area contributed by atoms with Crippen LogP contribution in [0.25, 0.3) is 0 Å². The molecule has 6 nitrogen and oxygen atoms in total. The minimum absolute atomic E-state index is 0.0364. The SMILES string of the molecule is CC(=O)N[C@H](CC(=O)N[C@H]1CCc2nccn2C1)c1cccs1. The fourth-order valence-corrected chi connectivity index (χ4v) is 3.69. The zero-order chi connectivity index (χ0) is 16.2. The molecule has 122 valence electrons. The second kappa shape index (κ2) is 6.95. The summed E-state index contributed by atoms with van der Waals surface area (Å²) in [6, 6.07) is 3.72. The summed E-state index contributed by atoms with van der Waals surface area (Å²) in [6.07, 6.45) is 5.76. The molecule has 2 amide bonds. The van der Waals surface area contributed by atoms with E-state index in [1.807, 2.05) is 23.7 Å². The lowest BCUT2D eigenvalue weighted by Crippen LogP contribution is -2.42. The Morgan fingerprint density at radius 1 is 1.52 bits per heavy atom. The summed E-state index contributed by atoms with van der Waals surface area (Å²) in [5, 5.41) is 7.89. The van der Waals surface area contributed by atoms with Gasteiger partial charge in [-0.25, -0.2) is 4.98 Å². The lowest BCUT2D eigenvalue weighted by atomic mass is 10.1. The summed E-state index contributed by atoms with van der Waals surface area (Å²) >= 11 is 1.55. The van der Waals surface area contributed by atoms with Crippen molar-refractivity contribution < 1.29 is 9.59 Å². The third-order valence-corrected chi connectivity index (χ3v) is 4.94. The van der Waals surface area contributed by atoms with Crippen molar-refractivity contribution >= 4 is 23.2 Å². The van der Waals surface area contributed by atoms with Gasteiger partial charge in [-0.05, 0) is 17.9 Å². The summed E-state index contributed by atoms with van der Waals surface area (Å²) in [5.41, 5.74) is 0. The molecule has 2 N–H and O–H groups in total. The molecule has 0 spiro atoms. The van der Waals surface area contributed by atoms with E-state index in [2.05, 4.69) is 20.2 Å². The predicted molar refractivity (Wildman–Crippen MR) is 88.0 cm³/mol. The minimum atomic E-state index is -0.264. The summed E-state index contributed by atoms with van der Waals surface area (Å²) in [6.45, 7) is 2.23. The standard InChI is InChI=1S/C16H20N4O2S/c1-11(21)18-13(14-3-2-8-23-14)9-16(22)19-12-4-5-15-17-6-7-20(15)10-12/h2-3,6-8,12-13H,4-5,9-10H2,1H3,(H,18,21)(H,19,22)/t12-,13+/m0/s1. The van der Waals surface area contributed by atoms with Crippen LogP contribution in [0.1, 0.15) is 36.5 Å². The van der Waals surface area contributed by atoms with Crippen molar-refractivity contribution in [1.29, 1.82) is 0 Å². The van der Waals surface area contributed by atoms with Crippen LogP contribution >= 0.6 is 11.3 Å². The molecule has 1 aliphatic heterocycles. The third-order valence-electron chi connectivity index (χ3n) is 3.95. The highest BCUT2D eigenvalue weighted by atomic mass is 32.1. The molecule has 0 saturated heterocycles. The van der Waals surface area contributed by atoms with Crippen molar-refractivity contribution in [2.75, 3.05) is 0 Å². The molecule has 0 unspecified atom stereocenters. The summed E-state index contributed by atoms with van der Waals surface area (Å²) in [4.78, 5) is 29.0. The molecular formula is C16H20N4O2S. The van der Waals surface area contributed by atoms with Crippen LogP contribution in [0.4, 0.5) is 0 Å². The molecule has 7 heteroatoms. The quantitative estimate of drug-likeness (QED) is 0.874. The van der Waals surface area contributed by atoms with Gasteiger partial charge in [0.1, 0.15) is 5.82 Å². The van der Waals surface area contributed by atoms with Gasteiger partial charge >= 0.3 is 0 Å². The Morgan fingerprint density at radius 3 is 3.13 bits per heavy atom. The number of carbonyl (C=O) groups is 2. The maximum Gasteiger partial charge on any atom is 0.222 e. The number of amides is 2. The van der Waals surface area contributed by atoms with Gasteiger partial charge < -0.3 is 15.2 Å². The smallest absolute Gasteiger partial charge is 0.222 e. The first-order valence-electron chi connectivity index (χ1n) is 7.71. The zero-order valence-corrected chi connectivity index (χ0v) is 13.8. The first-order chi connectivity index (χ1) is 11.1. The Balaban J connectivity index is 1.58. The van der Waals surface area contributed by atoms with E-state index in [1.165, 1.54) is 6.92 Å². The molecule has 0 saturated carbocycles. The van der Waals surface area contributed by atoms with Crippen LogP contribution in [-0.4, -0.2) is 27.4 Å². The molecule has 0 aromatic carbocycles. The second-order valence-corrected chi connectivity index (χ2v) is 6.75. The van der Waals surface area contributed by atoms with E-state index >= 15 is 0 Å². The number of carbonyl (C=O) groups excluding carboxylic acids is 2. The number of thiophene rings is 1. The van der Waals surface area contributed by atoms with Crippen molar-refractivity contribution in [3.63, 3.8) is 0 Å². The van der Waals surface area contributed by atoms with Crippen LogP contribution in [0, 0.1) is 0 Å². The molecule has 0 radical (unpaired) electrons. The zero-order valence-electron chi connectivity index (χ0n) is 13.0. The number of rotatable bonds is 5. The van der Waals surface area contributed by atoms with Crippen LogP contribution in [0.15, 0.2) is 29.9 Å². The van der Waals surface area contributed by atoms with Gasteiger partial charge in [0.2, 0.25) is 11.8 Å². The molecule has 3 rings (SSSR count). The number of imidazole rings is 1. The lowest BCUT2D eigenvalue weighted by Gasteiger charge is -2.25. The van der Waals surface area contributed by atoms with Crippen LogP contribution in [-0.2, 0) is 22.6 Å². The Bertz CT molecular complexity index is 680. The summed E-state index contributed by atoms with van der Waals surface area (Å²) in [5.74, 6) is 0.910. The van der Waals surface area contributed by atoms with Gasteiger partial charge in [0, 0.05) is 43.2 Å². The summed E-state index contributed by atoms with van der Waals surface area (Å²) < 4.78 is 2.08. The number of aromatic nitrogens is 2. The van der Waals surface area contributed by atoms with Crippen molar-refractivity contribution in [3.8, 4) is 0 Å². The molecule has 23 heavy (non-hydrogen) atoms. The highest BCUT2D eigenvalue weighted by Crippen LogP contribution is 2.22. The number of nitrogens with one attached hydrogen (secondary N) is 2. The average molecular weight is 332 g/mol. The Labute approximate surface area is 138 Å². The number of nitrogens with zero attached hydrogens (tertiary/aromatic N) is 2. The van der Waals surface area contributed by atoms with Gasteiger partial charge in [0.25, 0.3) is 0 Å². The first kappa shape index (κ1) is 15.7. The highest BCUT2D eigenvalue weighted by molar-refractivity contribution is 7.10. The van der Waals surface area contributed by atoms with Crippen LogP contribution in [0.3, 0.4) is 0 Å². The normalized spacial score (nSPS) is 18.0. The third kappa shape index (κ3) is 3.98. The minimum Gasteiger partial charge on any atom is -0.351 e. The Morgan fingerprint density at radius 2 is 2.39 bits per heavy atom. The van der Waals surface area contributed by atoms with E-state index in [9.17, 15) is 9.59 Å². The van der Waals surface area contributed by atoms with E-state index in [4.69, 9.17) is 0 Å². The van der Waals surface area contributed by atoms with Gasteiger partial charge in [-0.15, -0.1) is 11.3 Å². The monoisotopic (exact) mass is 332 g/mol. The van der Waals surface area contributed by atoms with Crippen molar-refractivity contribution in [3.05, 3.63) is 40.6 Å². The van der Waals surface area contributed by atoms with Gasteiger partial charge in [0.05, 0.1) is 12.5 Å². The largest absolute Gasteiger partial charge is 0.351 e. The van der Waals surface area contributed by atoms with Gasteiger partial charge in [-0.3, -0.25) is 9.59 Å². The molecule has 2 aromatic heterocycles. The lowest BCUT2D eigenvalue weighted by molar-refractivity contribution is -0.123. The number of hydrogen-bond acceptors (Lipinski definition) is 4. The van der Waals surface area contributed by atoms with Crippen LogP contribution in [0.5, 0.6) is 0 Å². The fourth-order valence-electron chi connectivity index (χ4n) is 2.91. The molecule has 3 heterocycles. The van der Waals surface area contributed by atoms with Crippen molar-refractivity contribution in [1.82, 2.24) is 20.2 Å².